The molecule has 0 bridgehead atoms. The van der Waals surface area contributed by atoms with Gasteiger partial charge in [0.15, 0.2) is 5.85 Å². The standard InChI is InChI=1S/C24H35N2O3P/c1-17(2)22-13-8-18(3)15-23(22)29-30(28,24(27)19-7-6-14-25-16-19)21-11-9-20(10-12-21)26(4)5/h6-7,9-12,14,16-18,22-24,27H,8,13,15H2,1-5H3/t18-,22+,23-,24+,30+/m1/s1. The highest BCUT2D eigenvalue weighted by atomic mass is 31.2. The Balaban J connectivity index is 2.01. The third-order valence-corrected chi connectivity index (χ3v) is 8.83. The van der Waals surface area contributed by atoms with Crippen molar-refractivity contribution in [1.29, 1.82) is 0 Å². The fraction of sp³-hybridized carbons (Fsp3) is 0.542. The summed E-state index contributed by atoms with van der Waals surface area (Å²) >= 11 is 0. The summed E-state index contributed by atoms with van der Waals surface area (Å²) < 4.78 is 20.9. The van der Waals surface area contributed by atoms with Gasteiger partial charge in [0.25, 0.3) is 7.37 Å². The molecule has 1 aromatic carbocycles. The molecule has 0 unspecified atom stereocenters. The summed E-state index contributed by atoms with van der Waals surface area (Å²) in [5.74, 6) is 0.0332. The predicted molar refractivity (Wildman–Crippen MR) is 123 cm³/mol. The number of nitrogens with zero attached hydrogens (tertiary/aromatic N) is 2. The molecule has 1 saturated carbocycles. The summed E-state index contributed by atoms with van der Waals surface area (Å²) in [6.45, 7) is 6.62. The van der Waals surface area contributed by atoms with Crippen LogP contribution in [-0.2, 0) is 9.09 Å². The van der Waals surface area contributed by atoms with E-state index in [0.717, 1.165) is 24.9 Å². The number of hydrogen-bond acceptors (Lipinski definition) is 5. The van der Waals surface area contributed by atoms with Crippen molar-refractivity contribution >= 4 is 18.4 Å². The molecule has 0 saturated heterocycles. The Morgan fingerprint density at radius 1 is 1.17 bits per heavy atom. The summed E-state index contributed by atoms with van der Waals surface area (Å²) in [5, 5.41) is 11.8. The largest absolute Gasteiger partial charge is 0.378 e. The van der Waals surface area contributed by atoms with E-state index in [1.165, 1.54) is 0 Å². The first-order valence-electron chi connectivity index (χ1n) is 10.9. The van der Waals surface area contributed by atoms with E-state index in [1.807, 2.05) is 43.3 Å². The predicted octanol–water partition coefficient (Wildman–Crippen LogP) is 5.22. The van der Waals surface area contributed by atoms with E-state index in [9.17, 15) is 9.67 Å². The summed E-state index contributed by atoms with van der Waals surface area (Å²) in [5.41, 5.74) is 1.52. The molecule has 1 heterocycles. The number of aromatic nitrogens is 1. The van der Waals surface area contributed by atoms with E-state index >= 15 is 0 Å². The maximum Gasteiger partial charge on any atom is 0.264 e. The molecule has 0 amide bonds. The highest BCUT2D eigenvalue weighted by Crippen LogP contribution is 2.60. The fourth-order valence-electron chi connectivity index (χ4n) is 4.38. The number of rotatable bonds is 7. The molecule has 164 valence electrons. The zero-order chi connectivity index (χ0) is 21.9. The van der Waals surface area contributed by atoms with Gasteiger partial charge in [0, 0.05) is 43.0 Å². The van der Waals surface area contributed by atoms with E-state index in [4.69, 9.17) is 4.52 Å². The second kappa shape index (κ2) is 9.64. The van der Waals surface area contributed by atoms with Crippen molar-refractivity contribution in [2.45, 2.75) is 52.0 Å². The SMILES string of the molecule is CC(C)[C@@H]1CC[C@@H](C)C[C@H]1O[P@@](=O)(c1ccc(N(C)C)cc1)[C@H](O)c1cccnc1. The second-order valence-electron chi connectivity index (χ2n) is 9.14. The Labute approximate surface area is 180 Å². The third kappa shape index (κ3) is 4.96. The second-order valence-corrected chi connectivity index (χ2v) is 11.5. The molecule has 2 aromatic rings. The topological polar surface area (TPSA) is 62.7 Å². The van der Waals surface area contributed by atoms with Crippen molar-refractivity contribution in [3.05, 3.63) is 54.4 Å². The summed E-state index contributed by atoms with van der Waals surface area (Å²) in [7, 11) is 0.319. The van der Waals surface area contributed by atoms with E-state index in [-0.39, 0.29) is 6.10 Å². The molecule has 6 heteroatoms. The Morgan fingerprint density at radius 3 is 2.43 bits per heavy atom. The first-order chi connectivity index (χ1) is 14.2. The van der Waals surface area contributed by atoms with Crippen LogP contribution >= 0.6 is 7.37 Å². The highest BCUT2D eigenvalue weighted by molar-refractivity contribution is 7.67. The van der Waals surface area contributed by atoms with Gasteiger partial charge in [0.05, 0.1) is 6.10 Å². The minimum absolute atomic E-state index is 0.139. The van der Waals surface area contributed by atoms with Gasteiger partial charge in [-0.3, -0.25) is 9.55 Å². The van der Waals surface area contributed by atoms with Crippen molar-refractivity contribution in [3.63, 3.8) is 0 Å². The highest BCUT2D eigenvalue weighted by Gasteiger charge is 2.42. The van der Waals surface area contributed by atoms with Crippen LogP contribution in [0.1, 0.15) is 51.4 Å². The third-order valence-electron chi connectivity index (χ3n) is 6.28. The number of benzene rings is 1. The maximum absolute atomic E-state index is 14.4. The van der Waals surface area contributed by atoms with Crippen LogP contribution in [0.5, 0.6) is 0 Å². The molecule has 1 aromatic heterocycles. The van der Waals surface area contributed by atoms with Gasteiger partial charge in [-0.25, -0.2) is 0 Å². The number of anilines is 1. The van der Waals surface area contributed by atoms with Gasteiger partial charge in [-0.15, -0.1) is 0 Å². The van der Waals surface area contributed by atoms with Crippen molar-refractivity contribution in [2.24, 2.45) is 17.8 Å². The summed E-state index contributed by atoms with van der Waals surface area (Å²) in [6.07, 6.45) is 6.16. The van der Waals surface area contributed by atoms with Crippen molar-refractivity contribution < 1.29 is 14.2 Å². The van der Waals surface area contributed by atoms with Crippen LogP contribution in [0.4, 0.5) is 5.69 Å². The number of aliphatic hydroxyl groups excluding tert-OH is 1. The van der Waals surface area contributed by atoms with E-state index in [0.29, 0.717) is 28.6 Å². The number of aliphatic hydroxyl groups is 1. The molecule has 0 spiro atoms. The molecule has 30 heavy (non-hydrogen) atoms. The van der Waals surface area contributed by atoms with Gasteiger partial charge in [0.2, 0.25) is 0 Å². The molecular weight excluding hydrogens is 395 g/mol. The van der Waals surface area contributed by atoms with E-state index in [2.05, 4.69) is 25.8 Å². The molecule has 5 atom stereocenters. The van der Waals surface area contributed by atoms with Crippen LogP contribution in [0.3, 0.4) is 0 Å². The normalized spacial score (nSPS) is 25.0. The number of hydrogen-bond donors (Lipinski definition) is 1. The molecule has 1 N–H and O–H groups in total. The van der Waals surface area contributed by atoms with Gasteiger partial charge in [-0.2, -0.15) is 0 Å². The monoisotopic (exact) mass is 430 g/mol. The van der Waals surface area contributed by atoms with Crippen LogP contribution < -0.4 is 10.2 Å². The summed E-state index contributed by atoms with van der Waals surface area (Å²) in [4.78, 5) is 6.10. The Morgan fingerprint density at radius 2 is 1.87 bits per heavy atom. The molecule has 3 rings (SSSR count). The molecule has 1 aliphatic carbocycles. The van der Waals surface area contributed by atoms with Gasteiger partial charge in [-0.1, -0.05) is 33.3 Å². The first-order valence-corrected chi connectivity index (χ1v) is 12.6. The molecule has 5 nitrogen and oxygen atoms in total. The fourth-order valence-corrected chi connectivity index (χ4v) is 6.65. The van der Waals surface area contributed by atoms with Crippen molar-refractivity contribution in [2.75, 3.05) is 19.0 Å². The van der Waals surface area contributed by atoms with Gasteiger partial charge in [0.1, 0.15) is 0 Å². The molecule has 0 aliphatic heterocycles. The van der Waals surface area contributed by atoms with Gasteiger partial charge < -0.3 is 14.5 Å². The molecule has 1 aliphatic rings. The molecular formula is C24H35N2O3P. The van der Waals surface area contributed by atoms with Crippen LogP contribution in [0, 0.1) is 17.8 Å². The van der Waals surface area contributed by atoms with Gasteiger partial charge >= 0.3 is 0 Å². The quantitative estimate of drug-likeness (QED) is 0.610. The Kier molecular flexibility index (Phi) is 7.38. The zero-order valence-corrected chi connectivity index (χ0v) is 19.6. The van der Waals surface area contributed by atoms with Crippen LogP contribution in [-0.4, -0.2) is 30.3 Å². The lowest BCUT2D eigenvalue weighted by Crippen LogP contribution is -2.35. The average molecular weight is 431 g/mol. The lowest BCUT2D eigenvalue weighted by atomic mass is 9.75. The first kappa shape index (κ1) is 23.0. The minimum Gasteiger partial charge on any atom is -0.378 e. The van der Waals surface area contributed by atoms with Crippen molar-refractivity contribution in [3.8, 4) is 0 Å². The van der Waals surface area contributed by atoms with Crippen LogP contribution in [0.15, 0.2) is 48.8 Å². The summed E-state index contributed by atoms with van der Waals surface area (Å²) in [6, 6.07) is 11.0. The molecule has 0 radical (unpaired) electrons. The molecule has 1 fully saturated rings. The Hall–Kier alpha value is -1.68. The van der Waals surface area contributed by atoms with Gasteiger partial charge in [-0.05, 0) is 60.9 Å². The zero-order valence-electron chi connectivity index (χ0n) is 18.7. The maximum atomic E-state index is 14.4. The van der Waals surface area contributed by atoms with Crippen molar-refractivity contribution in [1.82, 2.24) is 4.98 Å². The lowest BCUT2D eigenvalue weighted by Gasteiger charge is -2.39. The van der Waals surface area contributed by atoms with E-state index < -0.39 is 13.2 Å². The van der Waals surface area contributed by atoms with Crippen LogP contribution in [0.25, 0.3) is 0 Å². The van der Waals surface area contributed by atoms with E-state index in [1.54, 1.807) is 24.5 Å². The average Bonchev–Trinajstić information content (AvgIpc) is 2.73. The van der Waals surface area contributed by atoms with Crippen LogP contribution in [0.2, 0.25) is 0 Å². The Bertz CT molecular complexity index is 855. The number of pyridine rings is 1. The lowest BCUT2D eigenvalue weighted by molar-refractivity contribution is 0.0427. The minimum atomic E-state index is -3.61. The smallest absolute Gasteiger partial charge is 0.264 e.